The van der Waals surface area contributed by atoms with E-state index in [4.69, 9.17) is 0 Å². The van der Waals surface area contributed by atoms with Gasteiger partial charge >= 0.3 is 6.61 Å². The molecule has 27 heavy (non-hydrogen) atoms. The van der Waals surface area contributed by atoms with E-state index in [0.717, 1.165) is 13.1 Å². The average Bonchev–Trinajstić information content (AvgIpc) is 3.04. The Morgan fingerprint density at radius 1 is 1.22 bits per heavy atom. The summed E-state index contributed by atoms with van der Waals surface area (Å²) in [5, 5.41) is 16.6. The number of aliphatic imine (C=N–C) groups is 1. The van der Waals surface area contributed by atoms with Gasteiger partial charge in [0.15, 0.2) is 5.96 Å². The quantitative estimate of drug-likeness (QED) is 0.288. The highest BCUT2D eigenvalue weighted by Gasteiger charge is 2.28. The van der Waals surface area contributed by atoms with E-state index in [0.29, 0.717) is 11.5 Å². The van der Waals surface area contributed by atoms with Crippen molar-refractivity contribution in [2.45, 2.75) is 52.2 Å². The molecule has 1 atom stereocenters. The van der Waals surface area contributed by atoms with Crippen LogP contribution in [0.5, 0.6) is 5.75 Å². The monoisotopic (exact) mass is 497 g/mol. The first-order chi connectivity index (χ1) is 12.4. The lowest BCUT2D eigenvalue weighted by atomic mass is 9.89. The maximum absolute atomic E-state index is 12.2. The van der Waals surface area contributed by atoms with Gasteiger partial charge < -0.3 is 20.5 Å². The summed E-state index contributed by atoms with van der Waals surface area (Å²) in [6.07, 6.45) is 4.15. The van der Waals surface area contributed by atoms with E-state index in [9.17, 15) is 13.9 Å². The van der Waals surface area contributed by atoms with Crippen molar-refractivity contribution in [3.63, 3.8) is 0 Å². The number of nitrogens with zero attached hydrogens (tertiary/aromatic N) is 1. The van der Waals surface area contributed by atoms with Gasteiger partial charge in [-0.25, -0.2) is 0 Å². The SMILES string of the molecule is CCNC(=NCC1(C)CCCC1)NCC(O)c1ccc(OC(F)F)cc1.I. The number of halogens is 3. The Hall–Kier alpha value is -1.16. The molecule has 1 aliphatic carbocycles. The minimum atomic E-state index is -2.85. The number of alkyl halides is 2. The summed E-state index contributed by atoms with van der Waals surface area (Å²) in [4.78, 5) is 4.66. The van der Waals surface area contributed by atoms with Gasteiger partial charge in [0.05, 0.1) is 6.10 Å². The Morgan fingerprint density at radius 2 is 1.85 bits per heavy atom. The Labute approximate surface area is 177 Å². The van der Waals surface area contributed by atoms with Crippen molar-refractivity contribution in [1.29, 1.82) is 0 Å². The number of ether oxygens (including phenoxy) is 1. The topological polar surface area (TPSA) is 65.9 Å². The summed E-state index contributed by atoms with van der Waals surface area (Å²) in [6.45, 7) is 3.18. The second-order valence-corrected chi connectivity index (χ2v) is 7.06. The van der Waals surface area contributed by atoms with Crippen molar-refractivity contribution >= 4 is 29.9 Å². The van der Waals surface area contributed by atoms with Crippen LogP contribution in [0.25, 0.3) is 0 Å². The van der Waals surface area contributed by atoms with Crippen molar-refractivity contribution in [2.24, 2.45) is 10.4 Å². The second kappa shape index (κ2) is 11.6. The Balaban J connectivity index is 0.00000364. The van der Waals surface area contributed by atoms with E-state index in [2.05, 4.69) is 27.3 Å². The largest absolute Gasteiger partial charge is 0.435 e. The van der Waals surface area contributed by atoms with Gasteiger partial charge in [0.2, 0.25) is 0 Å². The van der Waals surface area contributed by atoms with Crippen molar-refractivity contribution < 1.29 is 18.6 Å². The zero-order valence-electron chi connectivity index (χ0n) is 15.9. The van der Waals surface area contributed by atoms with Gasteiger partial charge in [0, 0.05) is 19.6 Å². The first-order valence-corrected chi connectivity index (χ1v) is 9.17. The number of hydrogen-bond donors (Lipinski definition) is 3. The van der Waals surface area contributed by atoms with Crippen LogP contribution in [0.1, 0.15) is 51.2 Å². The number of nitrogens with one attached hydrogen (secondary N) is 2. The standard InChI is InChI=1S/C19H29F2N3O2.HI/c1-3-22-18(24-13-19(2)10-4-5-11-19)23-12-16(25)14-6-8-15(9-7-14)26-17(20)21;/h6-9,16-17,25H,3-5,10-13H2,1-2H3,(H2,22,23,24);1H. The zero-order chi connectivity index (χ0) is 19.0. The van der Waals surface area contributed by atoms with Crippen LogP contribution in [0.2, 0.25) is 0 Å². The van der Waals surface area contributed by atoms with Crippen LogP contribution in [0.15, 0.2) is 29.3 Å². The lowest BCUT2D eigenvalue weighted by molar-refractivity contribution is -0.0498. The molecule has 0 heterocycles. The molecule has 1 aliphatic rings. The van der Waals surface area contributed by atoms with Crippen molar-refractivity contribution in [1.82, 2.24) is 10.6 Å². The highest BCUT2D eigenvalue weighted by Crippen LogP contribution is 2.37. The lowest BCUT2D eigenvalue weighted by Gasteiger charge is -2.22. The maximum atomic E-state index is 12.2. The zero-order valence-corrected chi connectivity index (χ0v) is 18.2. The lowest BCUT2D eigenvalue weighted by Crippen LogP contribution is -2.40. The van der Waals surface area contributed by atoms with Crippen molar-refractivity contribution in [3.8, 4) is 5.75 Å². The number of hydrogen-bond acceptors (Lipinski definition) is 3. The van der Waals surface area contributed by atoms with E-state index in [-0.39, 0.29) is 41.7 Å². The third kappa shape index (κ3) is 8.16. The number of guanidine groups is 1. The molecule has 8 heteroatoms. The molecule has 0 amide bonds. The van der Waals surface area contributed by atoms with Crippen LogP contribution >= 0.6 is 24.0 Å². The Kier molecular flexibility index (Phi) is 10.3. The molecule has 1 aromatic rings. The molecule has 0 radical (unpaired) electrons. The minimum Gasteiger partial charge on any atom is -0.435 e. The number of aliphatic hydroxyl groups is 1. The van der Waals surface area contributed by atoms with Gasteiger partial charge in [-0.15, -0.1) is 24.0 Å². The third-order valence-electron chi connectivity index (χ3n) is 4.73. The molecule has 154 valence electrons. The van der Waals surface area contributed by atoms with E-state index in [1.807, 2.05) is 6.92 Å². The predicted molar refractivity (Wildman–Crippen MR) is 114 cm³/mol. The average molecular weight is 497 g/mol. The highest BCUT2D eigenvalue weighted by molar-refractivity contribution is 14.0. The molecule has 0 spiro atoms. The first-order valence-electron chi connectivity index (χ1n) is 9.17. The second-order valence-electron chi connectivity index (χ2n) is 7.06. The van der Waals surface area contributed by atoms with E-state index in [1.54, 1.807) is 12.1 Å². The molecule has 1 aromatic carbocycles. The summed E-state index contributed by atoms with van der Waals surface area (Å²) in [7, 11) is 0. The molecule has 0 aromatic heterocycles. The van der Waals surface area contributed by atoms with Crippen LogP contribution in [-0.4, -0.2) is 37.3 Å². The molecule has 0 saturated heterocycles. The van der Waals surface area contributed by atoms with Gasteiger partial charge in [-0.1, -0.05) is 31.9 Å². The summed E-state index contributed by atoms with van der Waals surface area (Å²) < 4.78 is 28.7. The Bertz CT molecular complexity index is 579. The van der Waals surface area contributed by atoms with E-state index in [1.165, 1.54) is 37.8 Å². The number of rotatable bonds is 8. The molecule has 1 saturated carbocycles. The molecule has 0 aliphatic heterocycles. The fourth-order valence-electron chi connectivity index (χ4n) is 3.18. The molecule has 0 bridgehead atoms. The maximum Gasteiger partial charge on any atom is 0.387 e. The van der Waals surface area contributed by atoms with Gasteiger partial charge in [0.25, 0.3) is 0 Å². The van der Waals surface area contributed by atoms with Crippen molar-refractivity contribution in [2.75, 3.05) is 19.6 Å². The molecule has 2 rings (SSSR count). The molecule has 5 nitrogen and oxygen atoms in total. The van der Waals surface area contributed by atoms with Crippen LogP contribution in [0, 0.1) is 5.41 Å². The van der Waals surface area contributed by atoms with Gasteiger partial charge in [-0.05, 0) is 42.9 Å². The molecule has 1 unspecified atom stereocenters. The molecule has 1 fully saturated rings. The molecular weight excluding hydrogens is 467 g/mol. The fourth-order valence-corrected chi connectivity index (χ4v) is 3.18. The number of benzene rings is 1. The van der Waals surface area contributed by atoms with Crippen LogP contribution in [0.4, 0.5) is 8.78 Å². The molecular formula is C19H30F2IN3O2. The van der Waals surface area contributed by atoms with Crippen molar-refractivity contribution in [3.05, 3.63) is 29.8 Å². The first kappa shape index (κ1) is 23.9. The van der Waals surface area contributed by atoms with Crippen LogP contribution in [0.3, 0.4) is 0 Å². The normalized spacial score (nSPS) is 17.3. The summed E-state index contributed by atoms with van der Waals surface area (Å²) in [6, 6.07) is 6.00. The van der Waals surface area contributed by atoms with E-state index < -0.39 is 12.7 Å². The summed E-state index contributed by atoms with van der Waals surface area (Å²) in [5.74, 6) is 0.751. The van der Waals surface area contributed by atoms with E-state index >= 15 is 0 Å². The van der Waals surface area contributed by atoms with Gasteiger partial charge in [0.1, 0.15) is 5.75 Å². The molecule has 3 N–H and O–H groups in total. The van der Waals surface area contributed by atoms with Gasteiger partial charge in [-0.2, -0.15) is 8.78 Å². The van der Waals surface area contributed by atoms with Crippen LogP contribution < -0.4 is 15.4 Å². The third-order valence-corrected chi connectivity index (χ3v) is 4.73. The smallest absolute Gasteiger partial charge is 0.387 e. The fraction of sp³-hybridized carbons (Fsp3) is 0.632. The Morgan fingerprint density at radius 3 is 2.41 bits per heavy atom. The van der Waals surface area contributed by atoms with Gasteiger partial charge in [-0.3, -0.25) is 4.99 Å². The number of aliphatic hydroxyl groups excluding tert-OH is 1. The predicted octanol–water partition coefficient (Wildman–Crippen LogP) is 4.07. The van der Waals surface area contributed by atoms with Crippen LogP contribution in [-0.2, 0) is 0 Å². The minimum absolute atomic E-state index is 0. The highest BCUT2D eigenvalue weighted by atomic mass is 127. The summed E-state index contributed by atoms with van der Waals surface area (Å²) >= 11 is 0. The summed E-state index contributed by atoms with van der Waals surface area (Å²) in [5.41, 5.74) is 0.888.